The number of carbonyl (C=O) groups is 1. The Balaban J connectivity index is 3.32. The molecule has 0 atom stereocenters. The van der Waals surface area contributed by atoms with Gasteiger partial charge in [-0.3, -0.25) is 4.79 Å². The molecule has 0 bridgehead atoms. The first-order valence-corrected chi connectivity index (χ1v) is 4.72. The van der Waals surface area contributed by atoms with E-state index in [0.717, 1.165) is 19.2 Å². The third kappa shape index (κ3) is 2.34. The Labute approximate surface area is 96.3 Å². The topological polar surface area (TPSA) is 26.3 Å². The normalized spacial score (nSPS) is 11.4. The highest BCUT2D eigenvalue weighted by Crippen LogP contribution is 2.32. The third-order valence-electron chi connectivity index (χ3n) is 1.76. The Morgan fingerprint density at radius 3 is 2.38 bits per heavy atom. The molecular formula is C9H5BrF4O2. The molecule has 0 aromatic heterocycles. The van der Waals surface area contributed by atoms with Gasteiger partial charge in [-0.1, -0.05) is 0 Å². The molecule has 0 aliphatic heterocycles. The molecule has 0 heterocycles. The summed E-state index contributed by atoms with van der Waals surface area (Å²) in [5, 5.41) is 0. The second kappa shape index (κ2) is 4.40. The second-order valence-corrected chi connectivity index (χ2v) is 3.62. The molecule has 0 spiro atoms. The summed E-state index contributed by atoms with van der Waals surface area (Å²) in [5.41, 5.74) is -1.06. The summed E-state index contributed by atoms with van der Waals surface area (Å²) in [4.78, 5) is 10.8. The zero-order valence-corrected chi connectivity index (χ0v) is 9.45. The van der Waals surface area contributed by atoms with Crippen LogP contribution in [0.2, 0.25) is 0 Å². The molecule has 0 saturated heterocycles. The fraction of sp³-hybridized carbons (Fsp3) is 0.222. The number of ether oxygens (including phenoxy) is 1. The van der Waals surface area contributed by atoms with Crippen LogP contribution >= 0.6 is 15.9 Å². The van der Waals surface area contributed by atoms with E-state index in [0.29, 0.717) is 0 Å². The van der Waals surface area contributed by atoms with Crippen LogP contribution in [-0.2, 0) is 0 Å². The first kappa shape index (κ1) is 13.0. The zero-order valence-electron chi connectivity index (χ0n) is 7.86. The smallest absolute Gasteiger partial charge is 0.454 e. The van der Waals surface area contributed by atoms with Gasteiger partial charge in [0.15, 0.2) is 11.6 Å². The van der Waals surface area contributed by atoms with Gasteiger partial charge in [-0.25, -0.2) is 4.39 Å². The van der Waals surface area contributed by atoms with Crippen molar-refractivity contribution in [1.29, 1.82) is 0 Å². The number of ketones is 1. The van der Waals surface area contributed by atoms with Crippen molar-refractivity contribution in [2.75, 3.05) is 7.11 Å². The molecular weight excluding hydrogens is 296 g/mol. The van der Waals surface area contributed by atoms with E-state index in [9.17, 15) is 22.4 Å². The van der Waals surface area contributed by atoms with Crippen LogP contribution in [0.3, 0.4) is 0 Å². The molecule has 0 aliphatic rings. The molecule has 1 aromatic carbocycles. The van der Waals surface area contributed by atoms with Gasteiger partial charge >= 0.3 is 6.18 Å². The molecule has 0 amide bonds. The van der Waals surface area contributed by atoms with Crippen molar-refractivity contribution in [3.8, 4) is 5.75 Å². The number of carbonyl (C=O) groups excluding carboxylic acids is 1. The van der Waals surface area contributed by atoms with Gasteiger partial charge in [-0.2, -0.15) is 13.2 Å². The van der Waals surface area contributed by atoms with Gasteiger partial charge in [0.1, 0.15) is 0 Å². The number of benzene rings is 1. The van der Waals surface area contributed by atoms with Crippen molar-refractivity contribution < 1.29 is 27.1 Å². The van der Waals surface area contributed by atoms with Crippen molar-refractivity contribution in [2.45, 2.75) is 6.18 Å². The van der Waals surface area contributed by atoms with Crippen LogP contribution in [0, 0.1) is 5.82 Å². The molecule has 2 nitrogen and oxygen atoms in total. The van der Waals surface area contributed by atoms with Crippen molar-refractivity contribution >= 4 is 21.7 Å². The van der Waals surface area contributed by atoms with Crippen LogP contribution in [0.5, 0.6) is 5.75 Å². The molecule has 16 heavy (non-hydrogen) atoms. The van der Waals surface area contributed by atoms with Gasteiger partial charge in [-0.05, 0) is 28.1 Å². The van der Waals surface area contributed by atoms with Gasteiger partial charge < -0.3 is 4.74 Å². The minimum absolute atomic E-state index is 0.131. The van der Waals surface area contributed by atoms with Gasteiger partial charge in [0.25, 0.3) is 5.78 Å². The molecule has 0 fully saturated rings. The maximum atomic E-state index is 13.4. The fourth-order valence-electron chi connectivity index (χ4n) is 1.05. The predicted octanol–water partition coefficient (Wildman–Crippen LogP) is 3.34. The highest BCUT2D eigenvalue weighted by Gasteiger charge is 2.41. The summed E-state index contributed by atoms with van der Waals surface area (Å²) in [5.74, 6) is -4.01. The maximum Gasteiger partial charge on any atom is 0.454 e. The lowest BCUT2D eigenvalue weighted by molar-refractivity contribution is -0.0887. The lowest BCUT2D eigenvalue weighted by Gasteiger charge is -2.10. The van der Waals surface area contributed by atoms with Crippen LogP contribution in [-0.4, -0.2) is 19.1 Å². The van der Waals surface area contributed by atoms with Crippen molar-refractivity contribution in [2.24, 2.45) is 0 Å². The number of alkyl halides is 3. The summed E-state index contributed by atoms with van der Waals surface area (Å²) >= 11 is 2.88. The zero-order chi connectivity index (χ0) is 12.5. The number of methoxy groups -OCH3 is 1. The Bertz CT molecular complexity index is 428. The quantitative estimate of drug-likeness (QED) is 0.618. The van der Waals surface area contributed by atoms with Crippen LogP contribution < -0.4 is 4.74 Å². The highest BCUT2D eigenvalue weighted by molar-refractivity contribution is 9.10. The first-order valence-electron chi connectivity index (χ1n) is 3.92. The summed E-state index contributed by atoms with van der Waals surface area (Å²) in [6, 6.07) is 1.86. The van der Waals surface area contributed by atoms with E-state index >= 15 is 0 Å². The Hall–Kier alpha value is -1.11. The molecule has 0 unspecified atom stereocenters. The van der Waals surface area contributed by atoms with E-state index in [1.54, 1.807) is 0 Å². The van der Waals surface area contributed by atoms with Crippen molar-refractivity contribution in [1.82, 2.24) is 0 Å². The number of Topliss-reactive ketones (excluding diaryl/α,β-unsaturated/α-hetero) is 1. The summed E-state index contributed by atoms with van der Waals surface area (Å²) in [7, 11) is 1.09. The largest absolute Gasteiger partial charge is 0.492 e. The van der Waals surface area contributed by atoms with Gasteiger partial charge in [0.2, 0.25) is 0 Å². The lowest BCUT2D eigenvalue weighted by atomic mass is 10.1. The number of rotatable bonds is 2. The maximum absolute atomic E-state index is 13.4. The minimum atomic E-state index is -5.11. The summed E-state index contributed by atoms with van der Waals surface area (Å²) in [6.45, 7) is 0. The standard InChI is InChI=1S/C9H5BrF4O2/c1-16-7-5(10)3-2-4(6(7)11)8(15)9(12,13)14/h2-3H,1H3. The highest BCUT2D eigenvalue weighted by atomic mass is 79.9. The van der Waals surface area contributed by atoms with Crippen LogP contribution in [0.1, 0.15) is 10.4 Å². The van der Waals surface area contributed by atoms with E-state index in [4.69, 9.17) is 0 Å². The van der Waals surface area contributed by atoms with Crippen LogP contribution in [0.25, 0.3) is 0 Å². The van der Waals surface area contributed by atoms with Crippen molar-refractivity contribution in [3.05, 3.63) is 28.0 Å². The molecule has 1 rings (SSSR count). The first-order chi connectivity index (χ1) is 7.29. The second-order valence-electron chi connectivity index (χ2n) is 2.77. The molecule has 88 valence electrons. The molecule has 0 radical (unpaired) electrons. The van der Waals surface area contributed by atoms with Gasteiger partial charge in [-0.15, -0.1) is 0 Å². The third-order valence-corrected chi connectivity index (χ3v) is 2.38. The van der Waals surface area contributed by atoms with E-state index in [1.807, 2.05) is 0 Å². The number of hydrogen-bond donors (Lipinski definition) is 0. The molecule has 7 heteroatoms. The fourth-order valence-corrected chi connectivity index (χ4v) is 1.52. The van der Waals surface area contributed by atoms with E-state index in [-0.39, 0.29) is 4.47 Å². The van der Waals surface area contributed by atoms with E-state index in [2.05, 4.69) is 20.7 Å². The average Bonchev–Trinajstić information content (AvgIpc) is 2.16. The summed E-state index contributed by atoms with van der Waals surface area (Å²) < 4.78 is 54.4. The minimum Gasteiger partial charge on any atom is -0.492 e. The van der Waals surface area contributed by atoms with E-state index in [1.165, 1.54) is 0 Å². The summed E-state index contributed by atoms with van der Waals surface area (Å²) in [6.07, 6.45) is -5.11. The molecule has 0 aliphatic carbocycles. The van der Waals surface area contributed by atoms with Crippen molar-refractivity contribution in [3.63, 3.8) is 0 Å². The lowest BCUT2D eigenvalue weighted by Crippen LogP contribution is -2.24. The molecule has 0 N–H and O–H groups in total. The SMILES string of the molecule is COc1c(Br)ccc(C(=O)C(F)(F)F)c1F. The van der Waals surface area contributed by atoms with Gasteiger partial charge in [0.05, 0.1) is 17.1 Å². The van der Waals surface area contributed by atoms with E-state index < -0.39 is 29.1 Å². The van der Waals surface area contributed by atoms with Gasteiger partial charge in [0, 0.05) is 0 Å². The Morgan fingerprint density at radius 1 is 1.38 bits per heavy atom. The number of halogens is 5. The predicted molar refractivity (Wildman–Crippen MR) is 51.0 cm³/mol. The molecule has 0 saturated carbocycles. The monoisotopic (exact) mass is 300 g/mol. The van der Waals surface area contributed by atoms with Crippen LogP contribution in [0.15, 0.2) is 16.6 Å². The van der Waals surface area contributed by atoms with Crippen LogP contribution in [0.4, 0.5) is 17.6 Å². The molecule has 1 aromatic rings. The Kier molecular flexibility index (Phi) is 3.57. The number of hydrogen-bond acceptors (Lipinski definition) is 2. The Morgan fingerprint density at radius 2 is 1.94 bits per heavy atom. The average molecular weight is 301 g/mol.